The van der Waals surface area contributed by atoms with E-state index in [-0.39, 0.29) is 17.6 Å². The molecule has 1 aliphatic heterocycles. The molecule has 30 heavy (non-hydrogen) atoms. The van der Waals surface area contributed by atoms with Gasteiger partial charge in [0.25, 0.3) is 5.91 Å². The van der Waals surface area contributed by atoms with Crippen LogP contribution in [0.4, 0.5) is 4.39 Å². The molecule has 2 aromatic heterocycles. The van der Waals surface area contributed by atoms with Gasteiger partial charge >= 0.3 is 0 Å². The fourth-order valence-electron chi connectivity index (χ4n) is 3.97. The first-order valence-corrected chi connectivity index (χ1v) is 11.3. The molecule has 4 rings (SSSR count). The smallest absolute Gasteiger partial charge is 0.253 e. The molecule has 1 amide bonds. The molecule has 0 saturated carbocycles. The van der Waals surface area contributed by atoms with Crippen LogP contribution in [0.5, 0.6) is 0 Å². The Kier molecular flexibility index (Phi) is 6.55. The standard InChI is InChI=1S/C24H26FN3OS/c1-17-2-7-22(24(29)26-14-18-3-5-21(25)6-4-18)23(27-17)20-8-11-28(12-9-20)15-19-10-13-30-16-19/h2-7,10,13,16,20H,8-9,11-12,14-15H2,1H3,(H,26,29). The third-order valence-corrected chi connectivity index (χ3v) is 6.37. The largest absolute Gasteiger partial charge is 0.348 e. The Morgan fingerprint density at radius 2 is 1.90 bits per heavy atom. The molecule has 1 aromatic carbocycles. The number of hydrogen-bond acceptors (Lipinski definition) is 4. The van der Waals surface area contributed by atoms with E-state index in [2.05, 4.69) is 27.0 Å². The van der Waals surface area contributed by atoms with Crippen molar-refractivity contribution in [3.05, 3.63) is 87.1 Å². The van der Waals surface area contributed by atoms with Crippen molar-refractivity contribution in [2.75, 3.05) is 13.1 Å². The summed E-state index contributed by atoms with van der Waals surface area (Å²) in [5.74, 6) is -0.113. The van der Waals surface area contributed by atoms with Crippen LogP contribution in [-0.4, -0.2) is 28.9 Å². The summed E-state index contributed by atoms with van der Waals surface area (Å²) < 4.78 is 13.1. The summed E-state index contributed by atoms with van der Waals surface area (Å²) in [6, 6.07) is 12.1. The summed E-state index contributed by atoms with van der Waals surface area (Å²) in [5.41, 5.74) is 4.72. The van der Waals surface area contributed by atoms with E-state index in [0.717, 1.165) is 49.4 Å². The van der Waals surface area contributed by atoms with E-state index in [9.17, 15) is 9.18 Å². The van der Waals surface area contributed by atoms with Crippen LogP contribution in [0.15, 0.2) is 53.2 Å². The van der Waals surface area contributed by atoms with Gasteiger partial charge in [-0.2, -0.15) is 11.3 Å². The van der Waals surface area contributed by atoms with E-state index >= 15 is 0 Å². The second-order valence-electron chi connectivity index (χ2n) is 7.88. The summed E-state index contributed by atoms with van der Waals surface area (Å²) in [5, 5.41) is 7.29. The lowest BCUT2D eigenvalue weighted by atomic mass is 9.89. The second kappa shape index (κ2) is 9.49. The van der Waals surface area contributed by atoms with Crippen LogP contribution < -0.4 is 5.32 Å². The number of amides is 1. The van der Waals surface area contributed by atoms with Crippen molar-refractivity contribution in [3.8, 4) is 0 Å². The summed E-state index contributed by atoms with van der Waals surface area (Å²) in [4.78, 5) is 20.1. The molecular weight excluding hydrogens is 397 g/mol. The molecule has 0 spiro atoms. The van der Waals surface area contributed by atoms with Gasteiger partial charge in [0.15, 0.2) is 0 Å². The second-order valence-corrected chi connectivity index (χ2v) is 8.66. The average Bonchev–Trinajstić information content (AvgIpc) is 3.27. The van der Waals surface area contributed by atoms with E-state index in [1.807, 2.05) is 19.1 Å². The van der Waals surface area contributed by atoms with Gasteiger partial charge in [0.1, 0.15) is 5.82 Å². The summed E-state index contributed by atoms with van der Waals surface area (Å²) >= 11 is 1.74. The lowest BCUT2D eigenvalue weighted by molar-refractivity contribution is 0.0948. The predicted octanol–water partition coefficient (Wildman–Crippen LogP) is 4.90. The summed E-state index contributed by atoms with van der Waals surface area (Å²) in [7, 11) is 0. The van der Waals surface area contributed by atoms with Crippen LogP contribution in [0, 0.1) is 12.7 Å². The SMILES string of the molecule is Cc1ccc(C(=O)NCc2ccc(F)cc2)c(C2CCN(Cc3ccsc3)CC2)n1. The molecule has 1 aliphatic rings. The van der Waals surface area contributed by atoms with E-state index in [1.165, 1.54) is 17.7 Å². The molecule has 0 unspecified atom stereocenters. The first-order valence-electron chi connectivity index (χ1n) is 10.3. The highest BCUT2D eigenvalue weighted by molar-refractivity contribution is 7.07. The number of likely N-dealkylation sites (tertiary alicyclic amines) is 1. The average molecular weight is 424 g/mol. The van der Waals surface area contributed by atoms with Crippen LogP contribution >= 0.6 is 11.3 Å². The number of pyridine rings is 1. The molecule has 1 saturated heterocycles. The normalized spacial score (nSPS) is 15.3. The molecule has 3 heterocycles. The number of halogens is 1. The molecule has 4 nitrogen and oxygen atoms in total. The summed E-state index contributed by atoms with van der Waals surface area (Å²) in [6.07, 6.45) is 2.00. The molecular formula is C24H26FN3OS. The fraction of sp³-hybridized carbons (Fsp3) is 0.333. The number of thiophene rings is 1. The van der Waals surface area contributed by atoms with Crippen LogP contribution in [0.25, 0.3) is 0 Å². The number of carbonyl (C=O) groups is 1. The highest BCUT2D eigenvalue weighted by Gasteiger charge is 2.26. The molecule has 0 radical (unpaired) electrons. The number of nitrogens with one attached hydrogen (secondary N) is 1. The van der Waals surface area contributed by atoms with Crippen molar-refractivity contribution >= 4 is 17.2 Å². The maximum Gasteiger partial charge on any atom is 0.253 e. The number of aryl methyl sites for hydroxylation is 1. The Bertz CT molecular complexity index is 980. The molecule has 0 aliphatic carbocycles. The Balaban J connectivity index is 1.41. The van der Waals surface area contributed by atoms with Crippen molar-refractivity contribution in [2.24, 2.45) is 0 Å². The fourth-order valence-corrected chi connectivity index (χ4v) is 4.62. The molecule has 0 bridgehead atoms. The molecule has 1 fully saturated rings. The van der Waals surface area contributed by atoms with Crippen molar-refractivity contribution in [1.82, 2.24) is 15.2 Å². The van der Waals surface area contributed by atoms with Gasteiger partial charge in [-0.15, -0.1) is 0 Å². The van der Waals surface area contributed by atoms with E-state index in [1.54, 1.807) is 23.5 Å². The van der Waals surface area contributed by atoms with Gasteiger partial charge < -0.3 is 5.32 Å². The summed E-state index contributed by atoms with van der Waals surface area (Å²) in [6.45, 7) is 5.34. The molecule has 3 aromatic rings. The number of rotatable bonds is 6. The quantitative estimate of drug-likeness (QED) is 0.613. The molecule has 6 heteroatoms. The van der Waals surface area contributed by atoms with Gasteiger partial charge in [0.05, 0.1) is 11.3 Å². The van der Waals surface area contributed by atoms with Crippen LogP contribution in [0.2, 0.25) is 0 Å². The molecule has 156 valence electrons. The zero-order chi connectivity index (χ0) is 20.9. The topological polar surface area (TPSA) is 45.2 Å². The van der Waals surface area contributed by atoms with Gasteiger partial charge in [-0.25, -0.2) is 4.39 Å². The van der Waals surface area contributed by atoms with E-state index in [4.69, 9.17) is 4.98 Å². The van der Waals surface area contributed by atoms with Gasteiger partial charge in [-0.3, -0.25) is 14.7 Å². The first kappa shape index (κ1) is 20.7. The Morgan fingerprint density at radius 1 is 1.13 bits per heavy atom. The van der Waals surface area contributed by atoms with Gasteiger partial charge in [-0.1, -0.05) is 12.1 Å². The Hall–Kier alpha value is -2.57. The third-order valence-electron chi connectivity index (χ3n) is 5.64. The van der Waals surface area contributed by atoms with E-state index in [0.29, 0.717) is 12.1 Å². The zero-order valence-electron chi connectivity index (χ0n) is 17.1. The number of aromatic nitrogens is 1. The lowest BCUT2D eigenvalue weighted by Gasteiger charge is -2.32. The van der Waals surface area contributed by atoms with Gasteiger partial charge in [0.2, 0.25) is 0 Å². The highest BCUT2D eigenvalue weighted by atomic mass is 32.1. The maximum atomic E-state index is 13.1. The minimum absolute atomic E-state index is 0.123. The van der Waals surface area contributed by atoms with Crippen LogP contribution in [0.3, 0.4) is 0 Å². The molecule has 0 atom stereocenters. The number of hydrogen-bond donors (Lipinski definition) is 1. The number of nitrogens with zero attached hydrogens (tertiary/aromatic N) is 2. The Labute approximate surface area is 180 Å². The lowest BCUT2D eigenvalue weighted by Crippen LogP contribution is -2.33. The number of benzene rings is 1. The number of piperidine rings is 1. The van der Waals surface area contributed by atoms with Gasteiger partial charge in [-0.05, 0) is 85.1 Å². The van der Waals surface area contributed by atoms with Crippen molar-refractivity contribution in [2.45, 2.75) is 38.8 Å². The van der Waals surface area contributed by atoms with Crippen molar-refractivity contribution < 1.29 is 9.18 Å². The minimum Gasteiger partial charge on any atom is -0.348 e. The monoisotopic (exact) mass is 423 g/mol. The van der Waals surface area contributed by atoms with Crippen LogP contribution in [-0.2, 0) is 13.1 Å². The maximum absolute atomic E-state index is 13.1. The van der Waals surface area contributed by atoms with Crippen molar-refractivity contribution in [3.63, 3.8) is 0 Å². The first-order chi connectivity index (χ1) is 14.6. The Morgan fingerprint density at radius 3 is 2.60 bits per heavy atom. The van der Waals surface area contributed by atoms with Crippen LogP contribution in [0.1, 0.15) is 51.6 Å². The van der Waals surface area contributed by atoms with E-state index < -0.39 is 0 Å². The number of carbonyl (C=O) groups excluding carboxylic acids is 1. The highest BCUT2D eigenvalue weighted by Crippen LogP contribution is 2.30. The van der Waals surface area contributed by atoms with Crippen molar-refractivity contribution in [1.29, 1.82) is 0 Å². The zero-order valence-corrected chi connectivity index (χ0v) is 17.9. The third kappa shape index (κ3) is 5.12. The van der Waals surface area contributed by atoms with Gasteiger partial charge in [0, 0.05) is 24.7 Å². The molecule has 1 N–H and O–H groups in total. The predicted molar refractivity (Wildman–Crippen MR) is 118 cm³/mol. The minimum atomic E-state index is -0.277.